The Bertz CT molecular complexity index is 1870. The standard InChI is InChI=1S/C20H22ClNOS.C9H7ClS.C9H16N2.CO2.ClH/c1-12-2-3-14-10-17(24-19(14)18(12)21)16(23)11-15-13-4-8-22(9-5-13)20(15)6-7-20;1-6-2-3-7-4-5-11-9(7)8(6)10;10-8-7-1-5-11(6-2-7)9(8)3-4-9;2-1-3;/h2-3,10,13,15H,4-9,11H2,1H3;2-5H,1H3;7-8H,1-6,10H2;;1H/t15-;;8-;;/m1.1../s1. The molecule has 2 aliphatic carbocycles. The third-order valence-corrected chi connectivity index (χ3v) is 15.9. The van der Waals surface area contributed by atoms with Crippen LogP contribution in [0.25, 0.3) is 20.2 Å². The molecule has 8 aliphatic rings. The quantitative estimate of drug-likeness (QED) is 0.209. The van der Waals surface area contributed by atoms with Gasteiger partial charge < -0.3 is 5.73 Å². The summed E-state index contributed by atoms with van der Waals surface area (Å²) in [6.07, 6.45) is 11.7. The van der Waals surface area contributed by atoms with Gasteiger partial charge in [0.1, 0.15) is 0 Å². The minimum Gasteiger partial charge on any atom is -0.326 e. The lowest BCUT2D eigenvalue weighted by Crippen LogP contribution is -2.63. The van der Waals surface area contributed by atoms with E-state index in [4.69, 9.17) is 38.5 Å². The fourth-order valence-electron chi connectivity index (χ4n) is 9.42. The lowest BCUT2D eigenvalue weighted by Gasteiger charge is -2.52. The van der Waals surface area contributed by atoms with Gasteiger partial charge >= 0.3 is 6.15 Å². The Morgan fingerprint density at radius 3 is 1.88 bits per heavy atom. The van der Waals surface area contributed by atoms with Crippen molar-refractivity contribution in [2.24, 2.45) is 23.5 Å². The number of hydrogen-bond acceptors (Lipinski definition) is 8. The molecule has 2 atom stereocenters. The lowest BCUT2D eigenvalue weighted by atomic mass is 9.70. The van der Waals surface area contributed by atoms with Crippen LogP contribution in [0.3, 0.4) is 0 Å². The number of ketones is 1. The number of carbonyl (C=O) groups excluding carboxylic acids is 3. The average Bonchev–Trinajstić information content (AvgIpc) is 3.98. The molecule has 0 radical (unpaired) electrons. The summed E-state index contributed by atoms with van der Waals surface area (Å²) in [6, 6.07) is 12.9. The number of Topliss-reactive ketones (excluding diaryl/α,β-unsaturated/α-hetero) is 1. The third-order valence-electron chi connectivity index (χ3n) is 12.5. The monoisotopic (exact) mass is 773 g/mol. The molecule has 6 nitrogen and oxygen atoms in total. The summed E-state index contributed by atoms with van der Waals surface area (Å²) in [5.41, 5.74) is 9.36. The number of aryl methyl sites for hydroxylation is 2. The number of nitrogens with two attached hydrogens (primary N) is 1. The molecule has 2 aromatic carbocycles. The Labute approximate surface area is 319 Å². The van der Waals surface area contributed by atoms with Gasteiger partial charge in [0, 0.05) is 23.5 Å². The number of benzene rings is 2. The third kappa shape index (κ3) is 6.98. The second kappa shape index (κ2) is 15.3. The molecule has 12 rings (SSSR count). The van der Waals surface area contributed by atoms with Gasteiger partial charge in [-0.2, -0.15) is 9.59 Å². The van der Waals surface area contributed by atoms with Crippen molar-refractivity contribution >= 4 is 90.4 Å². The van der Waals surface area contributed by atoms with E-state index in [2.05, 4.69) is 45.5 Å². The highest BCUT2D eigenvalue weighted by molar-refractivity contribution is 7.21. The van der Waals surface area contributed by atoms with Crippen LogP contribution < -0.4 is 5.73 Å². The molecule has 0 unspecified atom stereocenters. The molecule has 4 aromatic rings. The summed E-state index contributed by atoms with van der Waals surface area (Å²) in [5.74, 6) is 2.54. The van der Waals surface area contributed by atoms with Crippen LogP contribution in [0.5, 0.6) is 0 Å². The molecular formula is C39H46Cl3N3O3S2. The largest absolute Gasteiger partial charge is 0.373 e. The Morgan fingerprint density at radius 1 is 0.820 bits per heavy atom. The first-order valence-electron chi connectivity index (χ1n) is 17.7. The fraction of sp³-hybridized carbons (Fsp3) is 0.538. The van der Waals surface area contributed by atoms with Gasteiger partial charge in [-0.15, -0.1) is 35.1 Å². The maximum atomic E-state index is 13.0. The lowest BCUT2D eigenvalue weighted by molar-refractivity contribution is -0.191. The minimum atomic E-state index is 0. The first kappa shape index (κ1) is 37.9. The smallest absolute Gasteiger partial charge is 0.326 e. The Hall–Kier alpha value is -1.84. The molecule has 268 valence electrons. The number of thiophene rings is 2. The van der Waals surface area contributed by atoms with Gasteiger partial charge in [-0.3, -0.25) is 14.6 Å². The molecule has 50 heavy (non-hydrogen) atoms. The summed E-state index contributed by atoms with van der Waals surface area (Å²) in [6.45, 7) is 9.23. The SMILES string of the molecule is Cc1ccc2cc(C(=O)C[C@@H]3C4CCN(CC4)C34CC4)sc2c1Cl.Cc1ccc2ccsc2c1Cl.Cl.N[C@@H]1C2CCN(CC2)C12CC2.O=C=O. The molecule has 2 N–H and O–H groups in total. The maximum Gasteiger partial charge on any atom is 0.373 e. The second-order valence-electron chi connectivity index (χ2n) is 15.0. The van der Waals surface area contributed by atoms with E-state index in [1.807, 2.05) is 19.9 Å². The van der Waals surface area contributed by atoms with Crippen LogP contribution in [0.1, 0.15) is 78.6 Å². The van der Waals surface area contributed by atoms with Crippen LogP contribution in [0, 0.1) is 31.6 Å². The minimum absolute atomic E-state index is 0. The zero-order valence-corrected chi connectivity index (χ0v) is 32.7. The van der Waals surface area contributed by atoms with Crippen LogP contribution in [-0.4, -0.2) is 65.0 Å². The Balaban J connectivity index is 0.000000138. The number of fused-ring (bicyclic) bond motifs is 6. The van der Waals surface area contributed by atoms with Gasteiger partial charge in [0.2, 0.25) is 0 Å². The van der Waals surface area contributed by atoms with Crippen molar-refractivity contribution in [1.82, 2.24) is 9.80 Å². The van der Waals surface area contributed by atoms with Gasteiger partial charge in [0.25, 0.3) is 0 Å². The molecule has 2 aromatic heterocycles. The number of hydrogen-bond donors (Lipinski definition) is 1. The van der Waals surface area contributed by atoms with E-state index in [-0.39, 0.29) is 18.6 Å². The van der Waals surface area contributed by atoms with Crippen LogP contribution in [-0.2, 0) is 9.59 Å². The maximum absolute atomic E-state index is 13.0. The highest BCUT2D eigenvalue weighted by atomic mass is 35.5. The number of halogens is 3. The fourth-order valence-corrected chi connectivity index (χ4v) is 12.0. The van der Waals surface area contributed by atoms with Crippen LogP contribution in [0.15, 0.2) is 41.8 Å². The zero-order chi connectivity index (χ0) is 34.5. The molecule has 4 bridgehead atoms. The summed E-state index contributed by atoms with van der Waals surface area (Å²) in [4.78, 5) is 35.5. The molecule has 8 fully saturated rings. The predicted molar refractivity (Wildman–Crippen MR) is 208 cm³/mol. The van der Waals surface area contributed by atoms with Gasteiger partial charge in [0.05, 0.1) is 24.3 Å². The van der Waals surface area contributed by atoms with Crippen molar-refractivity contribution in [3.63, 3.8) is 0 Å². The molecule has 11 heteroatoms. The Kier molecular flexibility index (Phi) is 11.6. The number of carbonyl (C=O) groups is 1. The van der Waals surface area contributed by atoms with Crippen molar-refractivity contribution in [2.75, 3.05) is 26.2 Å². The number of piperidine rings is 6. The van der Waals surface area contributed by atoms with Crippen LogP contribution in [0.4, 0.5) is 0 Å². The summed E-state index contributed by atoms with van der Waals surface area (Å²) in [5, 5.41) is 6.12. The normalized spacial score (nSPS) is 28.3. The molecule has 2 spiro atoms. The zero-order valence-electron chi connectivity index (χ0n) is 28.7. The van der Waals surface area contributed by atoms with Gasteiger partial charge in [0.15, 0.2) is 5.78 Å². The topological polar surface area (TPSA) is 83.7 Å². The molecule has 2 saturated carbocycles. The van der Waals surface area contributed by atoms with Crippen molar-refractivity contribution in [1.29, 1.82) is 0 Å². The average molecular weight is 775 g/mol. The summed E-state index contributed by atoms with van der Waals surface area (Å²) < 4.78 is 2.27. The van der Waals surface area contributed by atoms with E-state index < -0.39 is 0 Å². The van der Waals surface area contributed by atoms with Crippen molar-refractivity contribution in [2.45, 2.75) is 88.8 Å². The van der Waals surface area contributed by atoms with E-state index in [0.717, 1.165) is 54.4 Å². The van der Waals surface area contributed by atoms with Crippen LogP contribution in [0.2, 0.25) is 10.0 Å². The first-order valence-corrected chi connectivity index (χ1v) is 20.2. The van der Waals surface area contributed by atoms with Crippen LogP contribution >= 0.6 is 58.3 Å². The van der Waals surface area contributed by atoms with Crippen molar-refractivity contribution in [3.8, 4) is 0 Å². The van der Waals surface area contributed by atoms with E-state index in [0.29, 0.717) is 28.8 Å². The summed E-state index contributed by atoms with van der Waals surface area (Å²) >= 11 is 15.8. The second-order valence-corrected chi connectivity index (χ2v) is 17.7. The molecule has 0 amide bonds. The number of rotatable bonds is 3. The van der Waals surface area contributed by atoms with E-state index in [9.17, 15) is 4.79 Å². The molecular weight excluding hydrogens is 729 g/mol. The van der Waals surface area contributed by atoms with Gasteiger partial charge in [-0.05, 0) is 149 Å². The molecule has 6 saturated heterocycles. The van der Waals surface area contributed by atoms with Crippen molar-refractivity contribution in [3.05, 3.63) is 67.8 Å². The van der Waals surface area contributed by atoms with Gasteiger partial charge in [-0.1, -0.05) is 47.5 Å². The summed E-state index contributed by atoms with van der Waals surface area (Å²) in [7, 11) is 0. The first-order chi connectivity index (χ1) is 23.6. The predicted octanol–water partition coefficient (Wildman–Crippen LogP) is 9.58. The molecule has 6 aliphatic heterocycles. The van der Waals surface area contributed by atoms with E-state index in [1.54, 1.807) is 22.7 Å². The number of nitrogens with zero attached hydrogens (tertiary/aromatic N) is 2. The Morgan fingerprint density at radius 2 is 1.34 bits per heavy atom. The van der Waals surface area contributed by atoms with Crippen molar-refractivity contribution < 1.29 is 14.4 Å². The van der Waals surface area contributed by atoms with Gasteiger partial charge in [-0.25, -0.2) is 0 Å². The molecule has 8 heterocycles. The van der Waals surface area contributed by atoms with E-state index >= 15 is 0 Å². The highest BCUT2D eigenvalue weighted by Crippen LogP contribution is 2.59. The highest BCUT2D eigenvalue weighted by Gasteiger charge is 2.60. The van der Waals surface area contributed by atoms with E-state index in [1.165, 1.54) is 87.6 Å².